The zero-order chi connectivity index (χ0) is 28.7. The highest BCUT2D eigenvalue weighted by molar-refractivity contribution is 7.98. The number of benzene rings is 3. The molecule has 0 atom stereocenters. The van der Waals surface area contributed by atoms with Gasteiger partial charge in [0, 0.05) is 24.2 Å². The van der Waals surface area contributed by atoms with Gasteiger partial charge in [-0.2, -0.15) is 0 Å². The van der Waals surface area contributed by atoms with Crippen LogP contribution in [-0.4, -0.2) is 37.1 Å². The summed E-state index contributed by atoms with van der Waals surface area (Å²) < 4.78 is 7.63. The quantitative estimate of drug-likeness (QED) is 0.146. The molecule has 0 bridgehead atoms. The molecular weight excluding hydrogens is 563 g/mol. The monoisotopic (exact) mass is 591 g/mol. The molecule has 0 radical (unpaired) electrons. The Morgan fingerprint density at radius 3 is 2.36 bits per heavy atom. The summed E-state index contributed by atoms with van der Waals surface area (Å²) in [6.45, 7) is 3.20. The third kappa shape index (κ3) is 6.53. The van der Waals surface area contributed by atoms with Crippen LogP contribution in [0.15, 0.2) is 118 Å². The van der Waals surface area contributed by atoms with Gasteiger partial charge in [0.15, 0.2) is 10.9 Å². The molecule has 42 heavy (non-hydrogen) atoms. The van der Waals surface area contributed by atoms with E-state index in [0.29, 0.717) is 36.1 Å². The van der Waals surface area contributed by atoms with Crippen molar-refractivity contribution >= 4 is 29.0 Å². The number of carbonyl (C=O) groups excluding carboxylic acids is 1. The fraction of sp³-hybridized carbons (Fsp3) is 0.152. The van der Waals surface area contributed by atoms with Crippen LogP contribution in [0.1, 0.15) is 32.2 Å². The van der Waals surface area contributed by atoms with Crippen molar-refractivity contribution in [2.45, 2.75) is 30.8 Å². The van der Waals surface area contributed by atoms with Crippen molar-refractivity contribution in [2.75, 3.05) is 6.54 Å². The average Bonchev–Trinajstić information content (AvgIpc) is 3.81. The number of hydrogen-bond donors (Lipinski definition) is 0. The number of hydrogen-bond acceptors (Lipinski definition) is 7. The summed E-state index contributed by atoms with van der Waals surface area (Å²) in [5.74, 6) is 1.77. The van der Waals surface area contributed by atoms with Gasteiger partial charge in [-0.05, 0) is 48.7 Å². The van der Waals surface area contributed by atoms with Crippen LogP contribution >= 0.6 is 23.1 Å². The van der Waals surface area contributed by atoms with Crippen molar-refractivity contribution in [1.82, 2.24) is 24.6 Å². The predicted molar refractivity (Wildman–Crippen MR) is 167 cm³/mol. The summed E-state index contributed by atoms with van der Waals surface area (Å²) in [7, 11) is 0. The number of thiazole rings is 1. The maximum atomic E-state index is 13.7. The Bertz CT molecular complexity index is 1730. The number of furan rings is 1. The van der Waals surface area contributed by atoms with Gasteiger partial charge in [0.2, 0.25) is 5.82 Å². The van der Waals surface area contributed by atoms with Crippen LogP contribution in [0.25, 0.3) is 17.3 Å². The minimum atomic E-state index is -0.0646. The molecular formula is C33H29N5O2S2. The molecule has 0 N–H and O–H groups in total. The maximum Gasteiger partial charge on any atom is 0.273 e. The third-order valence-corrected chi connectivity index (χ3v) is 8.75. The zero-order valence-electron chi connectivity index (χ0n) is 23.1. The first-order valence-corrected chi connectivity index (χ1v) is 15.5. The van der Waals surface area contributed by atoms with E-state index in [2.05, 4.69) is 41.4 Å². The fourth-order valence-electron chi connectivity index (χ4n) is 4.58. The molecule has 0 saturated carbocycles. The van der Waals surface area contributed by atoms with Crippen molar-refractivity contribution in [2.24, 2.45) is 0 Å². The Hall–Kier alpha value is -4.47. The molecule has 1 amide bonds. The molecule has 0 aliphatic heterocycles. The van der Waals surface area contributed by atoms with E-state index in [1.165, 1.54) is 34.2 Å². The van der Waals surface area contributed by atoms with Crippen LogP contribution in [0, 0.1) is 6.92 Å². The SMILES string of the molecule is Cc1ccc(-n2c(SCc3nc(C(=O)N(CCc4ccccc4)Cc4ccccc4)cs3)nnc2-c2ccco2)cc1. The van der Waals surface area contributed by atoms with Crippen LogP contribution in [0.2, 0.25) is 0 Å². The first-order valence-electron chi connectivity index (χ1n) is 13.6. The number of aryl methyl sites for hydroxylation is 1. The molecule has 3 heterocycles. The normalized spacial score (nSPS) is 11.1. The van der Waals surface area contributed by atoms with E-state index in [0.717, 1.165) is 27.8 Å². The molecule has 3 aromatic carbocycles. The van der Waals surface area contributed by atoms with Crippen molar-refractivity contribution < 1.29 is 9.21 Å². The molecule has 3 aromatic heterocycles. The number of rotatable bonds is 11. The van der Waals surface area contributed by atoms with E-state index in [9.17, 15) is 4.79 Å². The van der Waals surface area contributed by atoms with Crippen molar-refractivity contribution in [1.29, 1.82) is 0 Å². The predicted octanol–water partition coefficient (Wildman–Crippen LogP) is 7.47. The minimum absolute atomic E-state index is 0.0646. The Kier molecular flexibility index (Phi) is 8.58. The van der Waals surface area contributed by atoms with Gasteiger partial charge >= 0.3 is 0 Å². The number of carbonyl (C=O) groups is 1. The Morgan fingerprint density at radius 2 is 1.64 bits per heavy atom. The molecule has 0 fully saturated rings. The summed E-state index contributed by atoms with van der Waals surface area (Å²) in [6.07, 6.45) is 2.41. The van der Waals surface area contributed by atoms with Gasteiger partial charge in [-0.1, -0.05) is 90.1 Å². The standard InChI is InChI=1S/C33H29N5O2S2/c1-24-14-16-27(17-15-24)38-31(29-13-8-20-40-29)35-36-33(38)42-23-30-34-28(22-41-30)32(39)37(21-26-11-6-3-7-12-26)19-18-25-9-4-2-5-10-25/h2-17,20,22H,18-19,21,23H2,1H3. The number of amides is 1. The van der Waals surface area contributed by atoms with E-state index in [-0.39, 0.29) is 5.91 Å². The maximum absolute atomic E-state index is 13.7. The topological polar surface area (TPSA) is 77.1 Å². The largest absolute Gasteiger partial charge is 0.461 e. The van der Waals surface area contributed by atoms with Crippen molar-refractivity contribution in [3.63, 3.8) is 0 Å². The lowest BCUT2D eigenvalue weighted by molar-refractivity contribution is 0.0740. The van der Waals surface area contributed by atoms with Crippen molar-refractivity contribution in [3.8, 4) is 17.3 Å². The van der Waals surface area contributed by atoms with Crippen molar-refractivity contribution in [3.05, 3.63) is 136 Å². The summed E-state index contributed by atoms with van der Waals surface area (Å²) in [5.41, 5.74) is 4.88. The fourth-order valence-corrected chi connectivity index (χ4v) is 6.32. The van der Waals surface area contributed by atoms with Gasteiger partial charge in [-0.3, -0.25) is 9.36 Å². The van der Waals surface area contributed by atoms with Gasteiger partial charge in [0.25, 0.3) is 5.91 Å². The summed E-state index contributed by atoms with van der Waals surface area (Å²) in [6, 6.07) is 32.3. The Balaban J connectivity index is 1.19. The first-order chi connectivity index (χ1) is 20.6. The number of nitrogens with zero attached hydrogens (tertiary/aromatic N) is 5. The van der Waals surface area contributed by atoms with Crippen LogP contribution in [-0.2, 0) is 18.7 Å². The van der Waals surface area contributed by atoms with Gasteiger partial charge in [-0.15, -0.1) is 21.5 Å². The molecule has 0 spiro atoms. The molecule has 6 rings (SSSR count). The van der Waals surface area contributed by atoms with Crippen LogP contribution in [0.4, 0.5) is 0 Å². The summed E-state index contributed by atoms with van der Waals surface area (Å²) in [5, 5.41) is 12.3. The molecule has 0 saturated heterocycles. The van der Waals surface area contributed by atoms with Crippen LogP contribution in [0.5, 0.6) is 0 Å². The first kappa shape index (κ1) is 27.7. The highest BCUT2D eigenvalue weighted by Crippen LogP contribution is 2.31. The molecule has 6 aromatic rings. The zero-order valence-corrected chi connectivity index (χ0v) is 24.7. The minimum Gasteiger partial charge on any atom is -0.461 e. The summed E-state index contributed by atoms with van der Waals surface area (Å²) in [4.78, 5) is 20.3. The van der Waals surface area contributed by atoms with E-state index >= 15 is 0 Å². The lowest BCUT2D eigenvalue weighted by Crippen LogP contribution is -2.32. The molecule has 9 heteroatoms. The molecule has 210 valence electrons. The van der Waals surface area contributed by atoms with E-state index in [1.807, 2.05) is 87.6 Å². The van der Waals surface area contributed by atoms with Gasteiger partial charge in [0.05, 0.1) is 12.0 Å². The second-order valence-corrected chi connectivity index (χ2v) is 11.7. The van der Waals surface area contributed by atoms with Gasteiger partial charge < -0.3 is 9.32 Å². The van der Waals surface area contributed by atoms with Crippen LogP contribution in [0.3, 0.4) is 0 Å². The molecule has 0 aliphatic carbocycles. The number of thioether (sulfide) groups is 1. The highest BCUT2D eigenvalue weighted by atomic mass is 32.2. The third-order valence-electron chi connectivity index (χ3n) is 6.78. The highest BCUT2D eigenvalue weighted by Gasteiger charge is 2.21. The Morgan fingerprint density at radius 1 is 0.905 bits per heavy atom. The Labute approximate surface area is 252 Å². The average molecular weight is 592 g/mol. The molecule has 0 unspecified atom stereocenters. The van der Waals surface area contributed by atoms with E-state index < -0.39 is 0 Å². The lowest BCUT2D eigenvalue weighted by atomic mass is 10.1. The van der Waals surface area contributed by atoms with E-state index in [1.54, 1.807) is 6.26 Å². The van der Waals surface area contributed by atoms with Crippen LogP contribution < -0.4 is 0 Å². The molecule has 7 nitrogen and oxygen atoms in total. The second-order valence-electron chi connectivity index (χ2n) is 9.82. The van der Waals surface area contributed by atoms with Gasteiger partial charge in [0.1, 0.15) is 10.7 Å². The number of aromatic nitrogens is 4. The molecule has 0 aliphatic rings. The lowest BCUT2D eigenvalue weighted by Gasteiger charge is -2.22. The second kappa shape index (κ2) is 13.0. The summed E-state index contributed by atoms with van der Waals surface area (Å²) >= 11 is 3.02. The van der Waals surface area contributed by atoms with Gasteiger partial charge in [-0.25, -0.2) is 4.98 Å². The smallest absolute Gasteiger partial charge is 0.273 e. The van der Waals surface area contributed by atoms with E-state index in [4.69, 9.17) is 9.40 Å².